The number of para-hydroxylation sites is 3. The lowest BCUT2D eigenvalue weighted by molar-refractivity contribution is 1.02. The van der Waals surface area contributed by atoms with Gasteiger partial charge in [0, 0.05) is 63.1 Å². The number of aromatic nitrogens is 4. The van der Waals surface area contributed by atoms with Crippen molar-refractivity contribution in [1.29, 1.82) is 0 Å². The van der Waals surface area contributed by atoms with Crippen molar-refractivity contribution in [2.45, 2.75) is 0 Å². The van der Waals surface area contributed by atoms with E-state index in [0.717, 1.165) is 43.6 Å². The van der Waals surface area contributed by atoms with Crippen LogP contribution in [0.2, 0.25) is 0 Å². The van der Waals surface area contributed by atoms with E-state index in [-0.39, 0.29) is 0 Å². The van der Waals surface area contributed by atoms with Gasteiger partial charge in [-0.1, -0.05) is 140 Å². The fourth-order valence-corrected chi connectivity index (χ4v) is 12.4. The molecule has 0 saturated heterocycles. The summed E-state index contributed by atoms with van der Waals surface area (Å²) in [5, 5.41) is 8.56. The number of benzene rings is 9. The SMILES string of the molecule is c1ccc(-c2nc(-n3c4ccccc4c4cc(-c5ccc6c(c5)c5ccccc5n6-c5ccccc5)ccc43)nc3c2sc2ccc(-c4cccc5c4sc4ccccc45)cc23)cc1. The first-order chi connectivity index (χ1) is 31.7. The standard InChI is InChI=1S/C58H34N4S2/c1-3-14-35(15-4-1)54-57-55(47-34-38(28-31-53(47)64-57)40-21-13-22-44-43-20-9-12-25-52(43)63-56(40)44)60-58(59-54)62-49-24-11-8-19-42(49)46-33-37(27-30-51(46)62)36-26-29-50-45(32-36)41-18-7-10-23-48(41)61(50)39-16-5-2-6-17-39/h1-34H. The number of hydrogen-bond acceptors (Lipinski definition) is 4. The Hall–Kier alpha value is -7.90. The molecule has 9 aromatic carbocycles. The van der Waals surface area contributed by atoms with Crippen LogP contribution < -0.4 is 0 Å². The zero-order valence-corrected chi connectivity index (χ0v) is 35.9. The highest BCUT2D eigenvalue weighted by Crippen LogP contribution is 2.45. The van der Waals surface area contributed by atoms with E-state index in [4.69, 9.17) is 9.97 Å². The molecular formula is C58H34N4S2. The van der Waals surface area contributed by atoms with Crippen LogP contribution in [-0.4, -0.2) is 19.1 Å². The Kier molecular flexibility index (Phi) is 7.69. The van der Waals surface area contributed by atoms with E-state index < -0.39 is 0 Å². The van der Waals surface area contributed by atoms with Gasteiger partial charge in [0.05, 0.1) is 38.0 Å². The van der Waals surface area contributed by atoms with Gasteiger partial charge in [0.2, 0.25) is 5.95 Å². The summed E-state index contributed by atoms with van der Waals surface area (Å²) in [4.78, 5) is 11.0. The van der Waals surface area contributed by atoms with Crippen molar-refractivity contribution >= 4 is 107 Å². The molecule has 5 heterocycles. The first-order valence-electron chi connectivity index (χ1n) is 21.6. The lowest BCUT2D eigenvalue weighted by Gasteiger charge is -2.11. The molecule has 0 aliphatic carbocycles. The third-order valence-electron chi connectivity index (χ3n) is 13.0. The Morgan fingerprint density at radius 2 is 0.875 bits per heavy atom. The summed E-state index contributed by atoms with van der Waals surface area (Å²) in [7, 11) is 0. The molecule has 14 aromatic rings. The van der Waals surface area contributed by atoms with Crippen LogP contribution in [0.5, 0.6) is 0 Å². The molecule has 0 N–H and O–H groups in total. The summed E-state index contributed by atoms with van der Waals surface area (Å²) < 4.78 is 9.54. The topological polar surface area (TPSA) is 35.6 Å². The molecule has 0 unspecified atom stereocenters. The zero-order chi connectivity index (χ0) is 41.9. The average molecular weight is 851 g/mol. The highest BCUT2D eigenvalue weighted by molar-refractivity contribution is 7.26. The second-order valence-corrected chi connectivity index (χ2v) is 18.6. The quantitative estimate of drug-likeness (QED) is 0.173. The minimum absolute atomic E-state index is 0.664. The van der Waals surface area contributed by atoms with E-state index in [2.05, 4.69) is 215 Å². The molecule has 0 saturated carbocycles. The van der Waals surface area contributed by atoms with Gasteiger partial charge in [-0.15, -0.1) is 22.7 Å². The molecule has 0 spiro atoms. The lowest BCUT2D eigenvalue weighted by Crippen LogP contribution is -2.02. The second-order valence-electron chi connectivity index (χ2n) is 16.5. The molecule has 0 fully saturated rings. The Balaban J connectivity index is 0.970. The van der Waals surface area contributed by atoms with Gasteiger partial charge in [0.1, 0.15) is 0 Å². The van der Waals surface area contributed by atoms with E-state index in [0.29, 0.717) is 5.95 Å². The zero-order valence-electron chi connectivity index (χ0n) is 34.2. The van der Waals surface area contributed by atoms with Crippen molar-refractivity contribution in [1.82, 2.24) is 19.1 Å². The van der Waals surface area contributed by atoms with Crippen molar-refractivity contribution < 1.29 is 0 Å². The Labute approximate surface area is 375 Å². The van der Waals surface area contributed by atoms with Gasteiger partial charge >= 0.3 is 0 Å². The lowest BCUT2D eigenvalue weighted by atomic mass is 10.0. The number of fused-ring (bicyclic) bond motifs is 12. The van der Waals surface area contributed by atoms with Crippen LogP contribution in [-0.2, 0) is 0 Å². The first kappa shape index (κ1) is 35.7. The third kappa shape index (κ3) is 5.27. The summed E-state index contributed by atoms with van der Waals surface area (Å²) in [5.74, 6) is 0.664. The highest BCUT2D eigenvalue weighted by atomic mass is 32.1. The predicted molar refractivity (Wildman–Crippen MR) is 273 cm³/mol. The van der Waals surface area contributed by atoms with Crippen molar-refractivity contribution in [2.24, 2.45) is 0 Å². The molecule has 0 radical (unpaired) electrons. The van der Waals surface area contributed by atoms with E-state index in [9.17, 15) is 0 Å². The van der Waals surface area contributed by atoms with Crippen molar-refractivity contribution in [3.8, 4) is 45.1 Å². The molecule has 298 valence electrons. The van der Waals surface area contributed by atoms with Crippen molar-refractivity contribution in [2.75, 3.05) is 0 Å². The van der Waals surface area contributed by atoms with Gasteiger partial charge in [0.25, 0.3) is 0 Å². The first-order valence-corrected chi connectivity index (χ1v) is 23.2. The Morgan fingerprint density at radius 3 is 1.62 bits per heavy atom. The Bertz CT molecular complexity index is 4190. The van der Waals surface area contributed by atoms with Gasteiger partial charge < -0.3 is 4.57 Å². The maximum atomic E-state index is 5.56. The van der Waals surface area contributed by atoms with E-state index in [1.807, 2.05) is 11.3 Å². The van der Waals surface area contributed by atoms with Gasteiger partial charge in [-0.05, 0) is 89.0 Å². The van der Waals surface area contributed by atoms with Gasteiger partial charge in [-0.2, -0.15) is 0 Å². The largest absolute Gasteiger partial charge is 0.309 e. The minimum Gasteiger partial charge on any atom is -0.309 e. The molecule has 0 aliphatic heterocycles. The molecule has 64 heavy (non-hydrogen) atoms. The average Bonchev–Trinajstić information content (AvgIpc) is 4.11. The molecule has 0 amide bonds. The molecular weight excluding hydrogens is 817 g/mol. The number of thiophene rings is 2. The smallest absolute Gasteiger partial charge is 0.235 e. The van der Waals surface area contributed by atoms with E-state index in [1.165, 1.54) is 79.7 Å². The van der Waals surface area contributed by atoms with Crippen molar-refractivity contribution in [3.63, 3.8) is 0 Å². The number of rotatable bonds is 5. The van der Waals surface area contributed by atoms with Crippen LogP contribution in [0.3, 0.4) is 0 Å². The van der Waals surface area contributed by atoms with Gasteiger partial charge in [-0.3, -0.25) is 4.57 Å². The van der Waals surface area contributed by atoms with E-state index >= 15 is 0 Å². The van der Waals surface area contributed by atoms with E-state index in [1.54, 1.807) is 11.3 Å². The summed E-state index contributed by atoms with van der Waals surface area (Å²) in [6, 6.07) is 74.7. The fourth-order valence-electron chi connectivity index (χ4n) is 10.0. The summed E-state index contributed by atoms with van der Waals surface area (Å²) >= 11 is 3.65. The monoisotopic (exact) mass is 850 g/mol. The molecule has 0 atom stereocenters. The van der Waals surface area contributed by atoms with Crippen LogP contribution in [0.1, 0.15) is 0 Å². The van der Waals surface area contributed by atoms with Crippen LogP contribution in [0, 0.1) is 0 Å². The summed E-state index contributed by atoms with van der Waals surface area (Å²) in [6.07, 6.45) is 0. The van der Waals surface area contributed by atoms with Crippen LogP contribution in [0.25, 0.3) is 129 Å². The molecule has 0 bridgehead atoms. The predicted octanol–water partition coefficient (Wildman–Crippen LogP) is 16.4. The highest BCUT2D eigenvalue weighted by Gasteiger charge is 2.22. The van der Waals surface area contributed by atoms with Crippen LogP contribution in [0.15, 0.2) is 206 Å². The molecule has 0 aliphatic rings. The maximum absolute atomic E-state index is 5.56. The fraction of sp³-hybridized carbons (Fsp3) is 0. The number of hydrogen-bond donors (Lipinski definition) is 0. The minimum atomic E-state index is 0.664. The second kappa shape index (κ2) is 13.8. The molecule has 4 nitrogen and oxygen atoms in total. The van der Waals surface area contributed by atoms with Crippen LogP contribution in [0.4, 0.5) is 0 Å². The van der Waals surface area contributed by atoms with Crippen LogP contribution >= 0.6 is 22.7 Å². The molecule has 6 heteroatoms. The number of nitrogens with zero attached hydrogens (tertiary/aromatic N) is 4. The Morgan fingerprint density at radius 1 is 0.328 bits per heavy atom. The summed E-state index contributed by atoms with van der Waals surface area (Å²) in [6.45, 7) is 0. The normalized spacial score (nSPS) is 12.1. The third-order valence-corrected chi connectivity index (χ3v) is 15.3. The molecule has 5 aromatic heterocycles. The van der Waals surface area contributed by atoms with Crippen molar-refractivity contribution in [3.05, 3.63) is 206 Å². The molecule has 14 rings (SSSR count). The van der Waals surface area contributed by atoms with Gasteiger partial charge in [0.15, 0.2) is 0 Å². The van der Waals surface area contributed by atoms with Gasteiger partial charge in [-0.25, -0.2) is 9.97 Å². The maximum Gasteiger partial charge on any atom is 0.235 e. The summed E-state index contributed by atoms with van der Waals surface area (Å²) in [5.41, 5.74) is 13.5.